The van der Waals surface area contributed by atoms with Gasteiger partial charge in [0.15, 0.2) is 0 Å². The fourth-order valence-corrected chi connectivity index (χ4v) is 2.67. The molecule has 0 saturated heterocycles. The smallest absolute Gasteiger partial charge is 0.220 e. The molecule has 0 spiro atoms. The van der Waals surface area contributed by atoms with Crippen LogP contribution in [0, 0.1) is 5.92 Å². The van der Waals surface area contributed by atoms with Crippen LogP contribution in [-0.4, -0.2) is 18.0 Å². The molecule has 3 N–H and O–H groups in total. The van der Waals surface area contributed by atoms with Gasteiger partial charge in [0.05, 0.1) is 0 Å². The lowest BCUT2D eigenvalue weighted by Crippen LogP contribution is -2.49. The zero-order valence-corrected chi connectivity index (χ0v) is 13.4. The Balaban J connectivity index is 0.00000324. The number of carbonyl (C=O) groups is 1. The molecule has 114 valence electrons. The molecule has 0 aromatic heterocycles. The molecule has 1 amide bonds. The van der Waals surface area contributed by atoms with Crippen LogP contribution in [0.15, 0.2) is 0 Å². The van der Waals surface area contributed by atoms with Crippen molar-refractivity contribution in [1.29, 1.82) is 0 Å². The van der Waals surface area contributed by atoms with E-state index in [1.807, 2.05) is 0 Å². The molecule has 19 heavy (non-hydrogen) atoms. The van der Waals surface area contributed by atoms with Gasteiger partial charge in [-0.1, -0.05) is 46.0 Å². The van der Waals surface area contributed by atoms with Crippen LogP contribution in [0.3, 0.4) is 0 Å². The van der Waals surface area contributed by atoms with Crippen LogP contribution in [0.2, 0.25) is 0 Å². The van der Waals surface area contributed by atoms with Crippen molar-refractivity contribution in [3.8, 4) is 0 Å². The molecule has 1 rings (SSSR count). The number of hydrogen-bond donors (Lipinski definition) is 2. The van der Waals surface area contributed by atoms with E-state index in [-0.39, 0.29) is 23.9 Å². The standard InChI is InChI=1S/C15H30N2O.ClH/c1-3-15(16,4-2)12-17-14(18)11-10-13-8-6-5-7-9-13;/h13H,3-12,16H2,1-2H3,(H,17,18);1H. The minimum Gasteiger partial charge on any atom is -0.354 e. The van der Waals surface area contributed by atoms with Crippen LogP contribution in [0.4, 0.5) is 0 Å². The Morgan fingerprint density at radius 1 is 1.21 bits per heavy atom. The summed E-state index contributed by atoms with van der Waals surface area (Å²) in [6, 6.07) is 0. The largest absolute Gasteiger partial charge is 0.354 e. The van der Waals surface area contributed by atoms with Crippen LogP contribution in [0.5, 0.6) is 0 Å². The lowest BCUT2D eigenvalue weighted by Gasteiger charge is -2.27. The Hall–Kier alpha value is -0.280. The third kappa shape index (κ3) is 7.17. The van der Waals surface area contributed by atoms with Gasteiger partial charge >= 0.3 is 0 Å². The summed E-state index contributed by atoms with van der Waals surface area (Å²) in [5, 5.41) is 3.00. The van der Waals surface area contributed by atoms with Gasteiger partial charge in [0.1, 0.15) is 0 Å². The van der Waals surface area contributed by atoms with E-state index in [0.29, 0.717) is 13.0 Å². The molecule has 4 heteroatoms. The van der Waals surface area contributed by atoms with E-state index in [9.17, 15) is 4.79 Å². The molecular formula is C15H31ClN2O. The predicted molar refractivity (Wildman–Crippen MR) is 83.6 cm³/mol. The molecule has 1 aliphatic rings. The van der Waals surface area contributed by atoms with Crippen molar-refractivity contribution >= 4 is 18.3 Å². The minimum absolute atomic E-state index is 0. The second kappa shape index (κ2) is 9.60. The summed E-state index contributed by atoms with van der Waals surface area (Å²) in [5.41, 5.74) is 5.95. The number of rotatable bonds is 7. The fraction of sp³-hybridized carbons (Fsp3) is 0.933. The lowest BCUT2D eigenvalue weighted by atomic mass is 9.86. The molecule has 0 bridgehead atoms. The van der Waals surface area contributed by atoms with Crippen molar-refractivity contribution in [3.63, 3.8) is 0 Å². The molecule has 0 aromatic rings. The molecule has 0 unspecified atom stereocenters. The zero-order chi connectivity index (χ0) is 13.4. The third-order valence-electron chi connectivity index (χ3n) is 4.55. The van der Waals surface area contributed by atoms with Crippen LogP contribution in [-0.2, 0) is 4.79 Å². The van der Waals surface area contributed by atoms with Gasteiger partial charge in [0, 0.05) is 18.5 Å². The van der Waals surface area contributed by atoms with Crippen molar-refractivity contribution in [3.05, 3.63) is 0 Å². The Morgan fingerprint density at radius 3 is 2.32 bits per heavy atom. The van der Waals surface area contributed by atoms with E-state index < -0.39 is 0 Å². The Bertz CT molecular complexity index is 249. The van der Waals surface area contributed by atoms with Gasteiger partial charge in [0.2, 0.25) is 5.91 Å². The maximum Gasteiger partial charge on any atom is 0.220 e. The van der Waals surface area contributed by atoms with Gasteiger partial charge in [0.25, 0.3) is 0 Å². The number of amides is 1. The lowest BCUT2D eigenvalue weighted by molar-refractivity contribution is -0.121. The number of hydrogen-bond acceptors (Lipinski definition) is 2. The monoisotopic (exact) mass is 290 g/mol. The van der Waals surface area contributed by atoms with E-state index >= 15 is 0 Å². The Kier molecular flexibility index (Phi) is 9.46. The van der Waals surface area contributed by atoms with E-state index in [1.165, 1.54) is 32.1 Å². The first-order chi connectivity index (χ1) is 8.59. The predicted octanol–water partition coefficient (Wildman–Crippen LogP) is 3.40. The van der Waals surface area contributed by atoms with E-state index in [4.69, 9.17) is 5.73 Å². The highest BCUT2D eigenvalue weighted by Crippen LogP contribution is 2.27. The van der Waals surface area contributed by atoms with Crippen molar-refractivity contribution in [2.45, 2.75) is 77.2 Å². The van der Waals surface area contributed by atoms with E-state index in [2.05, 4.69) is 19.2 Å². The highest BCUT2D eigenvalue weighted by Gasteiger charge is 2.21. The van der Waals surface area contributed by atoms with Crippen molar-refractivity contribution in [1.82, 2.24) is 5.32 Å². The molecule has 1 saturated carbocycles. The summed E-state index contributed by atoms with van der Waals surface area (Å²) in [7, 11) is 0. The van der Waals surface area contributed by atoms with Gasteiger partial charge in [-0.25, -0.2) is 0 Å². The molecule has 3 nitrogen and oxygen atoms in total. The van der Waals surface area contributed by atoms with Crippen LogP contribution >= 0.6 is 12.4 Å². The minimum atomic E-state index is -0.222. The second-order valence-electron chi connectivity index (χ2n) is 5.89. The molecule has 0 heterocycles. The van der Waals surface area contributed by atoms with Crippen molar-refractivity contribution in [2.24, 2.45) is 11.7 Å². The average Bonchev–Trinajstić information content (AvgIpc) is 2.43. The van der Waals surface area contributed by atoms with Gasteiger partial charge in [-0.15, -0.1) is 12.4 Å². The average molecular weight is 291 g/mol. The molecule has 1 aliphatic carbocycles. The Labute approximate surface area is 124 Å². The number of carbonyl (C=O) groups excluding carboxylic acids is 1. The van der Waals surface area contributed by atoms with E-state index in [1.54, 1.807) is 0 Å². The molecule has 0 atom stereocenters. The van der Waals surface area contributed by atoms with Gasteiger partial charge in [-0.2, -0.15) is 0 Å². The highest BCUT2D eigenvalue weighted by atomic mass is 35.5. The molecule has 0 radical (unpaired) electrons. The maximum absolute atomic E-state index is 11.8. The third-order valence-corrected chi connectivity index (χ3v) is 4.55. The van der Waals surface area contributed by atoms with Crippen LogP contribution in [0.1, 0.15) is 71.6 Å². The zero-order valence-electron chi connectivity index (χ0n) is 12.5. The SMILES string of the molecule is CCC(N)(CC)CNC(=O)CCC1CCCCC1.Cl. The highest BCUT2D eigenvalue weighted by molar-refractivity contribution is 5.85. The van der Waals surface area contributed by atoms with E-state index in [0.717, 1.165) is 25.2 Å². The first-order valence-electron chi connectivity index (χ1n) is 7.65. The maximum atomic E-state index is 11.8. The van der Waals surface area contributed by atoms with Crippen LogP contribution < -0.4 is 11.1 Å². The van der Waals surface area contributed by atoms with Crippen molar-refractivity contribution < 1.29 is 4.79 Å². The van der Waals surface area contributed by atoms with Gasteiger partial charge < -0.3 is 11.1 Å². The summed E-state index contributed by atoms with van der Waals surface area (Å²) in [5.74, 6) is 0.960. The van der Waals surface area contributed by atoms with Gasteiger partial charge in [-0.05, 0) is 25.2 Å². The Morgan fingerprint density at radius 2 is 1.79 bits per heavy atom. The second-order valence-corrected chi connectivity index (χ2v) is 5.89. The summed E-state index contributed by atoms with van der Waals surface area (Å²) < 4.78 is 0. The number of halogens is 1. The summed E-state index contributed by atoms with van der Waals surface area (Å²) in [6.07, 6.45) is 10.3. The fourth-order valence-electron chi connectivity index (χ4n) is 2.67. The van der Waals surface area contributed by atoms with Gasteiger partial charge in [-0.3, -0.25) is 4.79 Å². The molecule has 0 aromatic carbocycles. The number of nitrogens with one attached hydrogen (secondary N) is 1. The summed E-state index contributed by atoms with van der Waals surface area (Å²) in [6.45, 7) is 4.78. The van der Waals surface area contributed by atoms with Crippen molar-refractivity contribution in [2.75, 3.05) is 6.54 Å². The topological polar surface area (TPSA) is 55.1 Å². The number of nitrogens with two attached hydrogens (primary N) is 1. The first kappa shape index (κ1) is 18.7. The molecule has 1 fully saturated rings. The van der Waals surface area contributed by atoms with Crippen LogP contribution in [0.25, 0.3) is 0 Å². The molecular weight excluding hydrogens is 260 g/mol. The first-order valence-corrected chi connectivity index (χ1v) is 7.65. The quantitative estimate of drug-likeness (QED) is 0.755. The summed E-state index contributed by atoms with van der Waals surface area (Å²) >= 11 is 0. The normalized spacial score (nSPS) is 16.8. The summed E-state index contributed by atoms with van der Waals surface area (Å²) in [4.78, 5) is 11.8. The molecule has 0 aliphatic heterocycles.